The molecule has 26 heavy (non-hydrogen) atoms. The second-order valence-electron chi connectivity index (χ2n) is 6.23. The van der Waals surface area contributed by atoms with E-state index in [4.69, 9.17) is 9.47 Å². The molecule has 138 valence electrons. The third-order valence-corrected chi connectivity index (χ3v) is 4.45. The molecule has 0 spiro atoms. The molecule has 0 atom stereocenters. The number of nitrogens with one attached hydrogen (secondary N) is 2. The Bertz CT molecular complexity index is 743. The molecule has 1 aromatic heterocycles. The number of hydrogen-bond acceptors (Lipinski definition) is 6. The number of aromatic nitrogens is 2. The topological polar surface area (TPSA) is 85.4 Å². The first-order valence-corrected chi connectivity index (χ1v) is 8.83. The third kappa shape index (κ3) is 4.41. The summed E-state index contributed by atoms with van der Waals surface area (Å²) in [5.74, 6) is 1.95. The smallest absolute Gasteiger partial charge is 0.271 e. The number of nitrogens with zero attached hydrogens (tertiary/aromatic N) is 2. The van der Waals surface area contributed by atoms with Crippen LogP contribution in [0.15, 0.2) is 30.3 Å². The number of benzene rings is 1. The predicted molar refractivity (Wildman–Crippen MR) is 98.6 cm³/mol. The van der Waals surface area contributed by atoms with Gasteiger partial charge in [0.25, 0.3) is 5.91 Å². The van der Waals surface area contributed by atoms with Gasteiger partial charge in [0.2, 0.25) is 0 Å². The zero-order valence-corrected chi connectivity index (χ0v) is 15.1. The first-order chi connectivity index (χ1) is 12.7. The standard InChI is InChI=1S/C19H24N4O3/c1-20-19(24)16-9-10-18(23-22-16)21-12-13-7-8-15(25-2)11-17(13)26-14-5-3-4-6-14/h7-11,14H,3-6,12H2,1-2H3,(H,20,24)(H,21,23). The van der Waals surface area contributed by atoms with Crippen LogP contribution in [0, 0.1) is 0 Å². The number of ether oxygens (including phenoxy) is 2. The van der Waals surface area contributed by atoms with E-state index in [0.29, 0.717) is 12.4 Å². The highest BCUT2D eigenvalue weighted by Gasteiger charge is 2.18. The maximum atomic E-state index is 11.5. The Morgan fingerprint density at radius 1 is 1.19 bits per heavy atom. The monoisotopic (exact) mass is 356 g/mol. The van der Waals surface area contributed by atoms with Crippen molar-refractivity contribution in [3.05, 3.63) is 41.6 Å². The van der Waals surface area contributed by atoms with Gasteiger partial charge in [-0.1, -0.05) is 0 Å². The maximum absolute atomic E-state index is 11.5. The van der Waals surface area contributed by atoms with Crippen LogP contribution in [0.3, 0.4) is 0 Å². The Morgan fingerprint density at radius 2 is 2.00 bits per heavy atom. The summed E-state index contributed by atoms with van der Waals surface area (Å²) < 4.78 is 11.5. The minimum atomic E-state index is -0.258. The lowest BCUT2D eigenvalue weighted by atomic mass is 10.1. The van der Waals surface area contributed by atoms with E-state index in [2.05, 4.69) is 20.8 Å². The zero-order chi connectivity index (χ0) is 18.4. The van der Waals surface area contributed by atoms with Crippen molar-refractivity contribution in [2.24, 2.45) is 0 Å². The van der Waals surface area contributed by atoms with Crippen LogP contribution in [0.25, 0.3) is 0 Å². The summed E-state index contributed by atoms with van der Waals surface area (Å²) in [5.41, 5.74) is 1.31. The molecule has 2 N–H and O–H groups in total. The fourth-order valence-electron chi connectivity index (χ4n) is 2.96. The van der Waals surface area contributed by atoms with Crippen LogP contribution in [-0.2, 0) is 6.54 Å². The van der Waals surface area contributed by atoms with Crippen molar-refractivity contribution in [1.29, 1.82) is 0 Å². The van der Waals surface area contributed by atoms with E-state index in [9.17, 15) is 4.79 Å². The van der Waals surface area contributed by atoms with E-state index in [1.165, 1.54) is 12.8 Å². The van der Waals surface area contributed by atoms with Gasteiger partial charge in [0.05, 0.1) is 13.2 Å². The second-order valence-corrected chi connectivity index (χ2v) is 6.23. The van der Waals surface area contributed by atoms with Gasteiger partial charge in [-0.3, -0.25) is 4.79 Å². The molecule has 0 aliphatic heterocycles. The van der Waals surface area contributed by atoms with Gasteiger partial charge in [-0.05, 0) is 49.9 Å². The molecule has 0 unspecified atom stereocenters. The van der Waals surface area contributed by atoms with Gasteiger partial charge in [-0.15, -0.1) is 10.2 Å². The minimum Gasteiger partial charge on any atom is -0.497 e. The van der Waals surface area contributed by atoms with Crippen LogP contribution >= 0.6 is 0 Å². The van der Waals surface area contributed by atoms with Crippen molar-refractivity contribution in [3.8, 4) is 11.5 Å². The van der Waals surface area contributed by atoms with E-state index in [0.717, 1.165) is 29.9 Å². The minimum absolute atomic E-state index is 0.258. The summed E-state index contributed by atoms with van der Waals surface area (Å²) in [6.45, 7) is 0.542. The van der Waals surface area contributed by atoms with Crippen LogP contribution in [0.4, 0.5) is 5.82 Å². The molecular formula is C19H24N4O3. The van der Waals surface area contributed by atoms with E-state index in [-0.39, 0.29) is 17.7 Å². The molecule has 1 heterocycles. The van der Waals surface area contributed by atoms with Crippen molar-refractivity contribution in [2.75, 3.05) is 19.5 Å². The number of hydrogen-bond donors (Lipinski definition) is 2. The molecule has 1 aliphatic carbocycles. The van der Waals surface area contributed by atoms with Gasteiger partial charge < -0.3 is 20.1 Å². The highest BCUT2D eigenvalue weighted by atomic mass is 16.5. The number of anilines is 1. The van der Waals surface area contributed by atoms with Crippen molar-refractivity contribution in [3.63, 3.8) is 0 Å². The lowest BCUT2D eigenvalue weighted by Gasteiger charge is -2.18. The average Bonchev–Trinajstić information content (AvgIpc) is 3.19. The van der Waals surface area contributed by atoms with E-state index < -0.39 is 0 Å². The van der Waals surface area contributed by atoms with Gasteiger partial charge in [0, 0.05) is 25.2 Å². The first kappa shape index (κ1) is 18.0. The Morgan fingerprint density at radius 3 is 2.65 bits per heavy atom. The quantitative estimate of drug-likeness (QED) is 0.793. The Kier molecular flexibility index (Phi) is 5.88. The van der Waals surface area contributed by atoms with Crippen LogP contribution in [-0.4, -0.2) is 36.4 Å². The van der Waals surface area contributed by atoms with Crippen LogP contribution in [0.1, 0.15) is 41.7 Å². The molecule has 3 rings (SSSR count). The van der Waals surface area contributed by atoms with Gasteiger partial charge in [-0.25, -0.2) is 0 Å². The largest absolute Gasteiger partial charge is 0.497 e. The second kappa shape index (κ2) is 8.51. The highest BCUT2D eigenvalue weighted by molar-refractivity contribution is 5.91. The number of methoxy groups -OCH3 is 1. The maximum Gasteiger partial charge on any atom is 0.271 e. The van der Waals surface area contributed by atoms with Gasteiger partial charge >= 0.3 is 0 Å². The summed E-state index contributed by atoms with van der Waals surface area (Å²) >= 11 is 0. The van der Waals surface area contributed by atoms with Crippen molar-refractivity contribution in [1.82, 2.24) is 15.5 Å². The molecule has 0 radical (unpaired) electrons. The zero-order valence-electron chi connectivity index (χ0n) is 15.1. The highest BCUT2D eigenvalue weighted by Crippen LogP contribution is 2.30. The first-order valence-electron chi connectivity index (χ1n) is 8.83. The number of carbonyl (C=O) groups is 1. The molecular weight excluding hydrogens is 332 g/mol. The van der Waals surface area contributed by atoms with Crippen molar-refractivity contribution < 1.29 is 14.3 Å². The SMILES string of the molecule is CNC(=O)c1ccc(NCc2ccc(OC)cc2OC2CCCC2)nn1. The average molecular weight is 356 g/mol. The predicted octanol–water partition coefficient (Wildman–Crippen LogP) is 2.78. The fourth-order valence-corrected chi connectivity index (χ4v) is 2.96. The van der Waals surface area contributed by atoms with Crippen LogP contribution in [0.5, 0.6) is 11.5 Å². The molecule has 2 aromatic rings. The third-order valence-electron chi connectivity index (χ3n) is 4.45. The molecule has 1 aliphatic rings. The summed E-state index contributed by atoms with van der Waals surface area (Å²) in [6, 6.07) is 9.20. The molecule has 7 heteroatoms. The molecule has 7 nitrogen and oxygen atoms in total. The fraction of sp³-hybridized carbons (Fsp3) is 0.421. The number of carbonyl (C=O) groups excluding carboxylic acids is 1. The van der Waals surface area contributed by atoms with Crippen LogP contribution in [0.2, 0.25) is 0 Å². The molecule has 0 bridgehead atoms. The summed E-state index contributed by atoms with van der Waals surface area (Å²) in [6.07, 6.45) is 4.89. The van der Waals surface area contributed by atoms with Crippen molar-refractivity contribution >= 4 is 11.7 Å². The molecule has 0 saturated heterocycles. The van der Waals surface area contributed by atoms with E-state index in [1.807, 2.05) is 18.2 Å². The van der Waals surface area contributed by atoms with Crippen molar-refractivity contribution in [2.45, 2.75) is 38.3 Å². The summed E-state index contributed by atoms with van der Waals surface area (Å²) in [7, 11) is 3.21. The lowest BCUT2D eigenvalue weighted by molar-refractivity contribution is 0.0957. The summed E-state index contributed by atoms with van der Waals surface area (Å²) in [5, 5.41) is 13.7. The normalized spacial score (nSPS) is 14.1. The molecule has 1 amide bonds. The van der Waals surface area contributed by atoms with E-state index in [1.54, 1.807) is 26.3 Å². The Labute approximate surface area is 153 Å². The molecule has 1 saturated carbocycles. The summed E-state index contributed by atoms with van der Waals surface area (Å²) in [4.78, 5) is 11.5. The molecule has 1 aromatic carbocycles. The van der Waals surface area contributed by atoms with Gasteiger partial charge in [-0.2, -0.15) is 0 Å². The number of amides is 1. The lowest BCUT2D eigenvalue weighted by Crippen LogP contribution is -2.19. The Balaban J connectivity index is 1.69. The molecule has 1 fully saturated rings. The number of rotatable bonds is 7. The van der Waals surface area contributed by atoms with Gasteiger partial charge in [0.1, 0.15) is 17.3 Å². The Hall–Kier alpha value is -2.83. The van der Waals surface area contributed by atoms with Gasteiger partial charge in [0.15, 0.2) is 5.69 Å². The van der Waals surface area contributed by atoms with E-state index >= 15 is 0 Å². The van der Waals surface area contributed by atoms with Crippen LogP contribution < -0.4 is 20.1 Å².